The van der Waals surface area contributed by atoms with E-state index in [-0.39, 0.29) is 0 Å². The predicted octanol–water partition coefficient (Wildman–Crippen LogP) is 6.15. The van der Waals surface area contributed by atoms with Crippen molar-refractivity contribution >= 4 is 5.69 Å². The van der Waals surface area contributed by atoms with Gasteiger partial charge in [-0.25, -0.2) is 0 Å². The van der Waals surface area contributed by atoms with Crippen molar-refractivity contribution in [2.75, 3.05) is 19.0 Å². The average molecular weight is 427 g/mol. The molecule has 164 valence electrons. The molecule has 2 saturated carbocycles. The minimum atomic E-state index is 0.538. The number of nitriles is 1. The van der Waals surface area contributed by atoms with Crippen LogP contribution in [0.3, 0.4) is 0 Å². The van der Waals surface area contributed by atoms with Gasteiger partial charge in [0.05, 0.1) is 24.9 Å². The lowest BCUT2D eigenvalue weighted by molar-refractivity contribution is 0.338. The average Bonchev–Trinajstić information content (AvgIpc) is 3.59. The van der Waals surface area contributed by atoms with Crippen LogP contribution in [0.1, 0.15) is 61.6 Å². The van der Waals surface area contributed by atoms with Gasteiger partial charge in [0, 0.05) is 24.0 Å². The summed E-state index contributed by atoms with van der Waals surface area (Å²) in [6, 6.07) is 17.6. The molecule has 32 heavy (non-hydrogen) atoms. The van der Waals surface area contributed by atoms with E-state index in [9.17, 15) is 5.26 Å². The minimum Gasteiger partial charge on any atom is -0.495 e. The SMILES string of the molecule is COc1ccc(C2CCC(CNc3cccc(-c4cnn(C5CC5)c4)c3)CC2)cc1C#N. The summed E-state index contributed by atoms with van der Waals surface area (Å²) in [6.07, 6.45) is 11.4. The Balaban J connectivity index is 1.15. The number of hydrogen-bond donors (Lipinski definition) is 1. The van der Waals surface area contributed by atoms with Gasteiger partial charge in [0.1, 0.15) is 11.8 Å². The van der Waals surface area contributed by atoms with E-state index in [0.717, 1.165) is 6.54 Å². The second-order valence-electron chi connectivity index (χ2n) is 9.19. The number of aromatic nitrogens is 2. The molecular weight excluding hydrogens is 396 g/mol. The van der Waals surface area contributed by atoms with Crippen molar-refractivity contribution in [1.82, 2.24) is 9.78 Å². The molecule has 2 fully saturated rings. The summed E-state index contributed by atoms with van der Waals surface area (Å²) in [5, 5.41) is 17.6. The van der Waals surface area contributed by atoms with E-state index in [0.29, 0.717) is 29.2 Å². The highest BCUT2D eigenvalue weighted by atomic mass is 16.5. The van der Waals surface area contributed by atoms with E-state index in [1.807, 2.05) is 18.3 Å². The topological polar surface area (TPSA) is 62.9 Å². The largest absolute Gasteiger partial charge is 0.495 e. The van der Waals surface area contributed by atoms with Gasteiger partial charge in [-0.05, 0) is 85.8 Å². The summed E-state index contributed by atoms with van der Waals surface area (Å²) >= 11 is 0. The van der Waals surface area contributed by atoms with Gasteiger partial charge < -0.3 is 10.1 Å². The lowest BCUT2D eigenvalue weighted by Crippen LogP contribution is -2.20. The van der Waals surface area contributed by atoms with E-state index in [2.05, 4.69) is 57.7 Å². The minimum absolute atomic E-state index is 0.538. The molecule has 0 bridgehead atoms. The van der Waals surface area contributed by atoms with E-state index < -0.39 is 0 Å². The van der Waals surface area contributed by atoms with Gasteiger partial charge in [0.2, 0.25) is 0 Å². The molecule has 1 heterocycles. The highest BCUT2D eigenvalue weighted by Gasteiger charge is 2.25. The summed E-state index contributed by atoms with van der Waals surface area (Å²) in [6.45, 7) is 1.00. The third kappa shape index (κ3) is 4.50. The smallest absolute Gasteiger partial charge is 0.136 e. The normalized spacial score (nSPS) is 20.5. The molecule has 2 aliphatic carbocycles. The number of ether oxygens (including phenoxy) is 1. The number of nitrogens with zero attached hydrogens (tertiary/aromatic N) is 3. The molecule has 3 aromatic rings. The Hall–Kier alpha value is -3.26. The van der Waals surface area contributed by atoms with Crippen molar-refractivity contribution in [2.24, 2.45) is 5.92 Å². The lowest BCUT2D eigenvalue weighted by Gasteiger charge is -2.29. The lowest BCUT2D eigenvalue weighted by atomic mass is 9.78. The molecule has 0 radical (unpaired) electrons. The molecule has 5 heteroatoms. The predicted molar refractivity (Wildman–Crippen MR) is 127 cm³/mol. The van der Waals surface area contributed by atoms with Crippen molar-refractivity contribution in [3.8, 4) is 22.9 Å². The first kappa shape index (κ1) is 20.6. The molecule has 0 atom stereocenters. The Bertz CT molecular complexity index is 1120. The zero-order chi connectivity index (χ0) is 21.9. The Kier molecular flexibility index (Phi) is 5.85. The molecule has 2 aliphatic rings. The maximum absolute atomic E-state index is 9.37. The molecule has 1 aromatic heterocycles. The maximum Gasteiger partial charge on any atom is 0.136 e. The van der Waals surface area contributed by atoms with Crippen LogP contribution >= 0.6 is 0 Å². The Labute approximate surface area is 190 Å². The van der Waals surface area contributed by atoms with Crippen LogP contribution < -0.4 is 10.1 Å². The van der Waals surface area contributed by atoms with Crippen LogP contribution in [0.2, 0.25) is 0 Å². The third-order valence-electron chi connectivity index (χ3n) is 6.98. The van der Waals surface area contributed by atoms with Crippen LogP contribution in [0.5, 0.6) is 5.75 Å². The first-order valence-corrected chi connectivity index (χ1v) is 11.7. The summed E-state index contributed by atoms with van der Waals surface area (Å²) in [5.41, 5.74) is 5.50. The number of nitrogens with one attached hydrogen (secondary N) is 1. The zero-order valence-electron chi connectivity index (χ0n) is 18.6. The van der Waals surface area contributed by atoms with Crippen LogP contribution in [0, 0.1) is 17.2 Å². The van der Waals surface area contributed by atoms with Gasteiger partial charge in [0.25, 0.3) is 0 Å². The van der Waals surface area contributed by atoms with Crippen molar-refractivity contribution in [3.63, 3.8) is 0 Å². The summed E-state index contributed by atoms with van der Waals surface area (Å²) < 4.78 is 7.39. The van der Waals surface area contributed by atoms with E-state index >= 15 is 0 Å². The molecule has 5 nitrogen and oxygen atoms in total. The second-order valence-corrected chi connectivity index (χ2v) is 9.19. The zero-order valence-corrected chi connectivity index (χ0v) is 18.6. The van der Waals surface area contributed by atoms with Crippen molar-refractivity contribution in [2.45, 2.75) is 50.5 Å². The van der Waals surface area contributed by atoms with Crippen molar-refractivity contribution in [3.05, 3.63) is 66.0 Å². The van der Waals surface area contributed by atoms with Gasteiger partial charge in [0.15, 0.2) is 0 Å². The Morgan fingerprint density at radius 1 is 1.06 bits per heavy atom. The van der Waals surface area contributed by atoms with Gasteiger partial charge in [-0.3, -0.25) is 4.68 Å². The van der Waals surface area contributed by atoms with Gasteiger partial charge >= 0.3 is 0 Å². The van der Waals surface area contributed by atoms with Crippen LogP contribution in [0.4, 0.5) is 5.69 Å². The fraction of sp³-hybridized carbons (Fsp3) is 0.407. The molecule has 0 saturated heterocycles. The molecule has 0 unspecified atom stereocenters. The Morgan fingerprint density at radius 3 is 2.66 bits per heavy atom. The third-order valence-corrected chi connectivity index (χ3v) is 6.98. The molecule has 0 spiro atoms. The van der Waals surface area contributed by atoms with Gasteiger partial charge in [-0.15, -0.1) is 0 Å². The second kappa shape index (κ2) is 9.08. The van der Waals surface area contributed by atoms with E-state index in [4.69, 9.17) is 4.74 Å². The number of benzene rings is 2. The first-order chi connectivity index (χ1) is 15.7. The van der Waals surface area contributed by atoms with Crippen LogP contribution in [0.25, 0.3) is 11.1 Å². The monoisotopic (exact) mass is 426 g/mol. The molecule has 5 rings (SSSR count). The highest BCUT2D eigenvalue weighted by Crippen LogP contribution is 2.38. The van der Waals surface area contributed by atoms with Gasteiger partial charge in [-0.2, -0.15) is 10.4 Å². The molecule has 2 aromatic carbocycles. The molecule has 1 N–H and O–H groups in total. The fourth-order valence-electron chi connectivity index (χ4n) is 4.86. The van der Waals surface area contributed by atoms with E-state index in [1.165, 1.54) is 60.9 Å². The fourth-order valence-corrected chi connectivity index (χ4v) is 4.86. The van der Waals surface area contributed by atoms with Crippen LogP contribution in [-0.2, 0) is 0 Å². The highest BCUT2D eigenvalue weighted by molar-refractivity contribution is 5.67. The summed E-state index contributed by atoms with van der Waals surface area (Å²) in [4.78, 5) is 0. The summed E-state index contributed by atoms with van der Waals surface area (Å²) in [5.74, 6) is 1.88. The molecule has 0 amide bonds. The quantitative estimate of drug-likeness (QED) is 0.492. The number of hydrogen-bond acceptors (Lipinski definition) is 4. The van der Waals surface area contributed by atoms with Crippen LogP contribution in [-0.4, -0.2) is 23.4 Å². The van der Waals surface area contributed by atoms with Crippen molar-refractivity contribution in [1.29, 1.82) is 5.26 Å². The molecular formula is C27H30N4O. The molecule has 0 aliphatic heterocycles. The first-order valence-electron chi connectivity index (χ1n) is 11.7. The summed E-state index contributed by atoms with van der Waals surface area (Å²) in [7, 11) is 1.62. The number of methoxy groups -OCH3 is 1. The maximum atomic E-state index is 9.37. The van der Waals surface area contributed by atoms with Crippen molar-refractivity contribution < 1.29 is 4.74 Å². The number of anilines is 1. The van der Waals surface area contributed by atoms with Crippen LogP contribution in [0.15, 0.2) is 54.9 Å². The number of rotatable bonds is 7. The van der Waals surface area contributed by atoms with Gasteiger partial charge in [-0.1, -0.05) is 18.2 Å². The Morgan fingerprint density at radius 2 is 1.91 bits per heavy atom. The van der Waals surface area contributed by atoms with E-state index in [1.54, 1.807) is 7.11 Å². The standard InChI is InChI=1S/C27H30N4O/c1-32-27-12-9-22(13-23(27)15-28)20-7-5-19(6-8-20)16-29-25-4-2-3-21(14-25)24-17-30-31(18-24)26-10-11-26/h2-4,9,12-14,17-20,26,29H,5-8,10-11,16H2,1H3.